The molecule has 0 aliphatic carbocycles. The van der Waals surface area contributed by atoms with E-state index >= 15 is 0 Å². The quantitative estimate of drug-likeness (QED) is 0.295. The van der Waals surface area contributed by atoms with Gasteiger partial charge < -0.3 is 14.2 Å². The van der Waals surface area contributed by atoms with Crippen molar-refractivity contribution in [1.29, 1.82) is 0 Å². The highest BCUT2D eigenvalue weighted by Gasteiger charge is 2.33. The fraction of sp³-hybridized carbons (Fsp3) is 0.259. The maximum absolute atomic E-state index is 13.1. The molecule has 0 N–H and O–H groups in total. The van der Waals surface area contributed by atoms with Crippen LogP contribution in [0.15, 0.2) is 66.0 Å². The van der Waals surface area contributed by atoms with Crippen LogP contribution in [0.4, 0.5) is 0 Å². The Bertz CT molecular complexity index is 1830. The zero-order valence-electron chi connectivity index (χ0n) is 21.3. The number of halogens is 1. The van der Waals surface area contributed by atoms with Crippen LogP contribution in [0, 0.1) is 0 Å². The summed E-state index contributed by atoms with van der Waals surface area (Å²) in [7, 11) is -1.95. The number of carbonyl (C=O) groups is 1. The third-order valence-electron chi connectivity index (χ3n) is 6.98. The number of benzene rings is 2. The Morgan fingerprint density at radius 2 is 1.87 bits per heavy atom. The summed E-state index contributed by atoms with van der Waals surface area (Å²) in [4.78, 5) is 24.0. The van der Waals surface area contributed by atoms with E-state index in [-0.39, 0.29) is 23.5 Å². The van der Waals surface area contributed by atoms with Crippen LogP contribution >= 0.6 is 11.6 Å². The number of carbonyl (C=O) groups excluding carboxylic acids is 1. The second-order valence-electron chi connectivity index (χ2n) is 9.64. The van der Waals surface area contributed by atoms with Crippen LogP contribution in [0.3, 0.4) is 0 Å². The molecule has 12 heteroatoms. The molecule has 1 fully saturated rings. The maximum atomic E-state index is 13.1. The smallest absolute Gasteiger partial charge is 0.225 e. The van der Waals surface area contributed by atoms with Gasteiger partial charge in [-0.2, -0.15) is 5.10 Å². The van der Waals surface area contributed by atoms with Crippen molar-refractivity contribution >= 4 is 49.3 Å². The van der Waals surface area contributed by atoms with E-state index in [1.165, 1.54) is 0 Å². The molecule has 3 aromatic heterocycles. The molecule has 4 heterocycles. The number of sulfone groups is 1. The van der Waals surface area contributed by atoms with Crippen molar-refractivity contribution < 1.29 is 17.9 Å². The molecule has 0 spiro atoms. The van der Waals surface area contributed by atoms with Crippen LogP contribution in [0.2, 0.25) is 5.02 Å². The van der Waals surface area contributed by atoms with Gasteiger partial charge in [-0.1, -0.05) is 23.7 Å². The van der Waals surface area contributed by atoms with Gasteiger partial charge in [-0.15, -0.1) is 0 Å². The molecule has 1 atom stereocenters. The van der Waals surface area contributed by atoms with E-state index in [1.54, 1.807) is 42.4 Å². The van der Waals surface area contributed by atoms with Gasteiger partial charge in [0, 0.05) is 42.4 Å². The Labute approximate surface area is 229 Å². The Kier molecular flexibility index (Phi) is 6.27. The van der Waals surface area contributed by atoms with Gasteiger partial charge in [0.2, 0.25) is 5.91 Å². The minimum atomic E-state index is -3.57. The Balaban J connectivity index is 1.38. The highest BCUT2D eigenvalue weighted by atomic mass is 35.5. The number of ether oxygens (including phenoxy) is 1. The van der Waals surface area contributed by atoms with Crippen LogP contribution in [0.25, 0.3) is 21.9 Å². The normalized spacial score (nSPS) is 16.0. The summed E-state index contributed by atoms with van der Waals surface area (Å²) >= 11 is 6.28. The fourth-order valence-corrected chi connectivity index (χ4v) is 6.17. The Morgan fingerprint density at radius 3 is 2.62 bits per heavy atom. The number of imidazole rings is 1. The van der Waals surface area contributed by atoms with Crippen LogP contribution in [0.1, 0.15) is 23.9 Å². The summed E-state index contributed by atoms with van der Waals surface area (Å²) in [6.45, 7) is 1.18. The largest absolute Gasteiger partial charge is 0.497 e. The van der Waals surface area contributed by atoms with Gasteiger partial charge in [-0.05, 0) is 42.0 Å². The van der Waals surface area contributed by atoms with E-state index < -0.39 is 9.84 Å². The predicted molar refractivity (Wildman–Crippen MR) is 147 cm³/mol. The standard InChI is InChI=1S/C27H25ClN6O4S/c1-38-20-6-3-17(4-7-20)14-32-15-19(12-26(32)35)34-23-8-5-18(28)11-22(23)30-25(34)16-33-24-13-29-10-9-21(24)27(31-33)39(2,36)37/h3-11,13,19H,12,14-16H2,1-2H3. The number of methoxy groups -OCH3 is 1. The van der Waals surface area contributed by atoms with E-state index in [4.69, 9.17) is 21.3 Å². The molecule has 1 saturated heterocycles. The third kappa shape index (κ3) is 4.72. The summed E-state index contributed by atoms with van der Waals surface area (Å²) in [6.07, 6.45) is 4.59. The molecule has 1 aliphatic heterocycles. The average molecular weight is 565 g/mol. The van der Waals surface area contributed by atoms with Crippen molar-refractivity contribution in [3.05, 3.63) is 77.3 Å². The molecule has 6 rings (SSSR count). The van der Waals surface area contributed by atoms with Gasteiger partial charge in [-0.25, -0.2) is 13.4 Å². The lowest BCUT2D eigenvalue weighted by atomic mass is 10.2. The molecule has 39 heavy (non-hydrogen) atoms. The number of nitrogens with zero attached hydrogens (tertiary/aromatic N) is 6. The number of hydrogen-bond acceptors (Lipinski definition) is 7. The second-order valence-corrected chi connectivity index (χ2v) is 12.0. The lowest BCUT2D eigenvalue weighted by Crippen LogP contribution is -2.25. The van der Waals surface area contributed by atoms with Crippen LogP contribution in [-0.4, -0.2) is 63.5 Å². The lowest BCUT2D eigenvalue weighted by molar-refractivity contribution is -0.128. The highest BCUT2D eigenvalue weighted by molar-refractivity contribution is 7.90. The van der Waals surface area contributed by atoms with E-state index in [0.717, 1.165) is 23.1 Å². The topological polar surface area (TPSA) is 112 Å². The number of hydrogen-bond donors (Lipinski definition) is 0. The van der Waals surface area contributed by atoms with Gasteiger partial charge in [0.25, 0.3) is 0 Å². The zero-order chi connectivity index (χ0) is 27.3. The minimum absolute atomic E-state index is 0.00711. The van der Waals surface area contributed by atoms with E-state index in [9.17, 15) is 13.2 Å². The second kappa shape index (κ2) is 9.65. The summed E-state index contributed by atoms with van der Waals surface area (Å²) < 4.78 is 33.8. The number of pyridine rings is 1. The van der Waals surface area contributed by atoms with Crippen molar-refractivity contribution in [3.8, 4) is 5.75 Å². The molecule has 1 amide bonds. The van der Waals surface area contributed by atoms with Gasteiger partial charge in [0.1, 0.15) is 11.6 Å². The molecule has 200 valence electrons. The van der Waals surface area contributed by atoms with E-state index in [0.29, 0.717) is 46.8 Å². The monoisotopic (exact) mass is 564 g/mol. The molecule has 0 saturated carbocycles. The first-order chi connectivity index (χ1) is 18.7. The van der Waals surface area contributed by atoms with Crippen LogP contribution in [-0.2, 0) is 27.7 Å². The summed E-state index contributed by atoms with van der Waals surface area (Å²) in [5.74, 6) is 1.45. The number of rotatable bonds is 7. The molecular weight excluding hydrogens is 540 g/mol. The van der Waals surface area contributed by atoms with Crippen molar-refractivity contribution in [1.82, 2.24) is 29.2 Å². The third-order valence-corrected chi connectivity index (χ3v) is 8.22. The first kappa shape index (κ1) is 25.3. The zero-order valence-corrected chi connectivity index (χ0v) is 22.9. The van der Waals surface area contributed by atoms with Gasteiger partial charge in [0.05, 0.1) is 42.4 Å². The number of likely N-dealkylation sites (tertiary alicyclic amines) is 1. The molecule has 10 nitrogen and oxygen atoms in total. The number of fused-ring (bicyclic) bond motifs is 2. The highest BCUT2D eigenvalue weighted by Crippen LogP contribution is 2.32. The first-order valence-corrected chi connectivity index (χ1v) is 14.6. The molecule has 0 bridgehead atoms. The summed E-state index contributed by atoms with van der Waals surface area (Å²) in [6, 6.07) is 14.6. The van der Waals surface area contributed by atoms with Crippen LogP contribution in [0.5, 0.6) is 5.75 Å². The first-order valence-electron chi connectivity index (χ1n) is 12.3. The molecular formula is C27H25ClN6O4S. The maximum Gasteiger partial charge on any atom is 0.225 e. The predicted octanol–water partition coefficient (Wildman–Crippen LogP) is 3.87. The molecule has 5 aromatic rings. The van der Waals surface area contributed by atoms with E-state index in [1.807, 2.05) is 35.2 Å². The van der Waals surface area contributed by atoms with Gasteiger partial charge >= 0.3 is 0 Å². The molecule has 0 radical (unpaired) electrons. The molecule has 2 aromatic carbocycles. The summed E-state index contributed by atoms with van der Waals surface area (Å²) in [5, 5.41) is 5.48. The number of amides is 1. The number of aromatic nitrogens is 5. The average Bonchev–Trinajstić information content (AvgIpc) is 3.57. The minimum Gasteiger partial charge on any atom is -0.497 e. The Morgan fingerprint density at radius 1 is 1.08 bits per heavy atom. The van der Waals surface area contributed by atoms with Crippen LogP contribution < -0.4 is 4.74 Å². The lowest BCUT2D eigenvalue weighted by Gasteiger charge is -2.19. The van der Waals surface area contributed by atoms with Gasteiger partial charge in [-0.3, -0.25) is 14.5 Å². The van der Waals surface area contributed by atoms with E-state index in [2.05, 4.69) is 14.6 Å². The van der Waals surface area contributed by atoms with Crippen molar-refractivity contribution in [2.24, 2.45) is 0 Å². The molecule has 1 aliphatic rings. The fourth-order valence-electron chi connectivity index (χ4n) is 5.19. The van der Waals surface area contributed by atoms with Crippen molar-refractivity contribution in [3.63, 3.8) is 0 Å². The van der Waals surface area contributed by atoms with Gasteiger partial charge in [0.15, 0.2) is 14.9 Å². The summed E-state index contributed by atoms with van der Waals surface area (Å²) in [5.41, 5.74) is 3.13. The SMILES string of the molecule is COc1ccc(CN2CC(n3c(Cn4nc(S(C)(=O)=O)c5ccncc54)nc4cc(Cl)ccc43)CC2=O)cc1. The van der Waals surface area contributed by atoms with Crippen molar-refractivity contribution in [2.45, 2.75) is 30.6 Å². The Hall–Kier alpha value is -3.96. The molecule has 1 unspecified atom stereocenters. The van der Waals surface area contributed by atoms with Crippen molar-refractivity contribution in [2.75, 3.05) is 19.9 Å².